The molecule has 0 amide bonds. The van der Waals surface area contributed by atoms with Crippen LogP contribution in [0.2, 0.25) is 0 Å². The topological polar surface area (TPSA) is 61.3 Å². The van der Waals surface area contributed by atoms with Gasteiger partial charge >= 0.3 is 0 Å². The lowest BCUT2D eigenvalue weighted by Gasteiger charge is -1.96. The third-order valence-corrected chi connectivity index (χ3v) is 1.83. The van der Waals surface area contributed by atoms with Crippen molar-refractivity contribution in [2.75, 3.05) is 13.2 Å². The van der Waals surface area contributed by atoms with Gasteiger partial charge in [0.1, 0.15) is 12.1 Å². The lowest BCUT2D eigenvalue weighted by molar-refractivity contribution is 0.110. The van der Waals surface area contributed by atoms with Crippen LogP contribution in [0.4, 0.5) is 0 Å². The van der Waals surface area contributed by atoms with Crippen molar-refractivity contribution >= 4 is 11.1 Å². The lowest BCUT2D eigenvalue weighted by Crippen LogP contribution is -2.08. The number of ether oxygens (including phenoxy) is 1. The zero-order valence-electron chi connectivity index (χ0n) is 7.77. The smallest absolute Gasteiger partial charge is 0.221 e. The van der Waals surface area contributed by atoms with Crippen molar-refractivity contribution in [2.45, 2.75) is 6.61 Å². The third-order valence-electron chi connectivity index (χ3n) is 1.83. The van der Waals surface area contributed by atoms with E-state index in [0.717, 1.165) is 11.1 Å². The molecule has 4 heteroatoms. The normalized spacial score (nSPS) is 10.9. The van der Waals surface area contributed by atoms with Gasteiger partial charge in [0, 0.05) is 6.54 Å². The average molecular weight is 192 g/mol. The molecule has 0 aliphatic carbocycles. The summed E-state index contributed by atoms with van der Waals surface area (Å²) in [5.74, 6) is 0.597. The Morgan fingerprint density at radius 3 is 3.00 bits per heavy atom. The molecule has 0 saturated carbocycles. The molecular formula is C10H12N2O2. The Morgan fingerprint density at radius 2 is 2.21 bits per heavy atom. The molecule has 0 aliphatic heterocycles. The van der Waals surface area contributed by atoms with Gasteiger partial charge in [0.05, 0.1) is 6.61 Å². The lowest BCUT2D eigenvalue weighted by atomic mass is 10.3. The number of hydrogen-bond donors (Lipinski definition) is 1. The minimum absolute atomic E-state index is 0.381. The van der Waals surface area contributed by atoms with E-state index in [0.29, 0.717) is 25.6 Å². The summed E-state index contributed by atoms with van der Waals surface area (Å²) < 4.78 is 10.7. The molecule has 0 aliphatic rings. The van der Waals surface area contributed by atoms with E-state index >= 15 is 0 Å². The number of nitrogens with zero attached hydrogens (tertiary/aromatic N) is 1. The van der Waals surface area contributed by atoms with Crippen molar-refractivity contribution < 1.29 is 9.15 Å². The molecule has 2 N–H and O–H groups in total. The number of para-hydroxylation sites is 2. The molecule has 74 valence electrons. The van der Waals surface area contributed by atoms with Crippen LogP contribution in [0.1, 0.15) is 5.89 Å². The monoisotopic (exact) mass is 192 g/mol. The predicted octanol–water partition coefficient (Wildman–Crippen LogP) is 1.30. The van der Waals surface area contributed by atoms with Gasteiger partial charge in [-0.2, -0.15) is 0 Å². The summed E-state index contributed by atoms with van der Waals surface area (Å²) in [6.07, 6.45) is 0. The van der Waals surface area contributed by atoms with Gasteiger partial charge in [-0.3, -0.25) is 0 Å². The zero-order chi connectivity index (χ0) is 9.80. The molecule has 0 bridgehead atoms. The fraction of sp³-hybridized carbons (Fsp3) is 0.300. The van der Waals surface area contributed by atoms with Crippen molar-refractivity contribution in [2.24, 2.45) is 5.73 Å². The number of oxazole rings is 1. The highest BCUT2D eigenvalue weighted by Gasteiger charge is 2.03. The molecule has 0 spiro atoms. The second-order valence-electron chi connectivity index (χ2n) is 2.92. The molecule has 14 heavy (non-hydrogen) atoms. The molecule has 4 nitrogen and oxygen atoms in total. The van der Waals surface area contributed by atoms with E-state index in [9.17, 15) is 0 Å². The van der Waals surface area contributed by atoms with E-state index in [1.807, 2.05) is 24.3 Å². The zero-order valence-corrected chi connectivity index (χ0v) is 7.77. The molecular weight excluding hydrogens is 180 g/mol. The maximum absolute atomic E-state index is 5.44. The maximum atomic E-state index is 5.44. The van der Waals surface area contributed by atoms with Crippen LogP contribution in [0.3, 0.4) is 0 Å². The second kappa shape index (κ2) is 4.21. The predicted molar refractivity (Wildman–Crippen MR) is 52.7 cm³/mol. The van der Waals surface area contributed by atoms with Crippen molar-refractivity contribution in [3.05, 3.63) is 30.2 Å². The summed E-state index contributed by atoms with van der Waals surface area (Å²) >= 11 is 0. The average Bonchev–Trinajstić information content (AvgIpc) is 2.60. The van der Waals surface area contributed by atoms with Crippen molar-refractivity contribution in [1.29, 1.82) is 0 Å². The molecule has 2 rings (SSSR count). The van der Waals surface area contributed by atoms with Gasteiger partial charge in [0.15, 0.2) is 5.58 Å². The number of aromatic nitrogens is 1. The molecule has 1 aromatic carbocycles. The number of hydrogen-bond acceptors (Lipinski definition) is 4. The first-order valence-electron chi connectivity index (χ1n) is 4.52. The summed E-state index contributed by atoms with van der Waals surface area (Å²) in [4.78, 5) is 4.25. The van der Waals surface area contributed by atoms with E-state index < -0.39 is 0 Å². The van der Waals surface area contributed by atoms with Crippen LogP contribution in [0.15, 0.2) is 28.7 Å². The van der Waals surface area contributed by atoms with Gasteiger partial charge in [-0.1, -0.05) is 12.1 Å². The summed E-state index contributed by atoms with van der Waals surface area (Å²) in [6, 6.07) is 7.63. The largest absolute Gasteiger partial charge is 0.438 e. The van der Waals surface area contributed by atoms with Crippen molar-refractivity contribution in [3.63, 3.8) is 0 Å². The van der Waals surface area contributed by atoms with Gasteiger partial charge in [0.2, 0.25) is 5.89 Å². The van der Waals surface area contributed by atoms with E-state index in [4.69, 9.17) is 14.9 Å². The first kappa shape index (κ1) is 9.18. The summed E-state index contributed by atoms with van der Waals surface area (Å²) in [5.41, 5.74) is 6.94. The maximum Gasteiger partial charge on any atom is 0.221 e. The second-order valence-corrected chi connectivity index (χ2v) is 2.92. The first-order chi connectivity index (χ1) is 6.90. The Hall–Kier alpha value is -1.39. The third kappa shape index (κ3) is 1.92. The quantitative estimate of drug-likeness (QED) is 0.742. The van der Waals surface area contributed by atoms with Gasteiger partial charge in [0.25, 0.3) is 0 Å². The van der Waals surface area contributed by atoms with Crippen LogP contribution < -0.4 is 5.73 Å². The van der Waals surface area contributed by atoms with Crippen LogP contribution in [0, 0.1) is 0 Å². The number of rotatable bonds is 4. The Morgan fingerprint density at radius 1 is 1.36 bits per heavy atom. The molecule has 2 aromatic rings. The van der Waals surface area contributed by atoms with Gasteiger partial charge in [-0.25, -0.2) is 4.98 Å². The van der Waals surface area contributed by atoms with E-state index in [-0.39, 0.29) is 0 Å². The number of fused-ring (bicyclic) bond motifs is 1. The molecule has 0 saturated heterocycles. The molecule has 0 atom stereocenters. The van der Waals surface area contributed by atoms with Crippen molar-refractivity contribution in [3.8, 4) is 0 Å². The Labute approximate surface area is 81.7 Å². The minimum atomic E-state index is 0.381. The highest BCUT2D eigenvalue weighted by molar-refractivity contribution is 5.72. The van der Waals surface area contributed by atoms with Crippen LogP contribution in [-0.4, -0.2) is 18.1 Å². The highest BCUT2D eigenvalue weighted by atomic mass is 16.5. The van der Waals surface area contributed by atoms with Crippen LogP contribution in [0.25, 0.3) is 11.1 Å². The molecule has 1 heterocycles. The van der Waals surface area contributed by atoms with E-state index in [2.05, 4.69) is 4.98 Å². The first-order valence-corrected chi connectivity index (χ1v) is 4.52. The Bertz CT molecular complexity index is 378. The Kier molecular flexibility index (Phi) is 2.76. The fourth-order valence-electron chi connectivity index (χ4n) is 1.22. The molecule has 0 fully saturated rings. The van der Waals surface area contributed by atoms with Crippen LogP contribution in [-0.2, 0) is 11.3 Å². The standard InChI is InChI=1S/C10H12N2O2/c11-5-6-13-7-10-12-8-3-1-2-4-9(8)14-10/h1-4H,5-7,11H2. The van der Waals surface area contributed by atoms with E-state index in [1.54, 1.807) is 0 Å². The number of benzene rings is 1. The van der Waals surface area contributed by atoms with Crippen LogP contribution >= 0.6 is 0 Å². The molecule has 0 unspecified atom stereocenters. The summed E-state index contributed by atoms with van der Waals surface area (Å²) in [7, 11) is 0. The summed E-state index contributed by atoms with van der Waals surface area (Å²) in [5, 5.41) is 0. The highest BCUT2D eigenvalue weighted by Crippen LogP contribution is 2.14. The fourth-order valence-corrected chi connectivity index (χ4v) is 1.22. The number of nitrogens with two attached hydrogens (primary N) is 1. The molecule has 0 radical (unpaired) electrons. The molecule has 1 aromatic heterocycles. The SMILES string of the molecule is NCCOCc1nc2ccccc2o1. The van der Waals surface area contributed by atoms with Crippen LogP contribution in [0.5, 0.6) is 0 Å². The van der Waals surface area contributed by atoms with Gasteiger partial charge in [-0.15, -0.1) is 0 Å². The van der Waals surface area contributed by atoms with Crippen molar-refractivity contribution in [1.82, 2.24) is 4.98 Å². The van der Waals surface area contributed by atoms with Gasteiger partial charge in [-0.05, 0) is 12.1 Å². The Balaban J connectivity index is 2.11. The van der Waals surface area contributed by atoms with E-state index in [1.165, 1.54) is 0 Å². The van der Waals surface area contributed by atoms with Gasteiger partial charge < -0.3 is 14.9 Å². The minimum Gasteiger partial charge on any atom is -0.438 e. The summed E-state index contributed by atoms with van der Waals surface area (Å²) in [6.45, 7) is 1.42.